The second kappa shape index (κ2) is 6.71. The Hall–Kier alpha value is -0.770. The highest BCUT2D eigenvalue weighted by atomic mass is 35.5. The zero-order valence-corrected chi connectivity index (χ0v) is 8.48. The van der Waals surface area contributed by atoms with Crippen molar-refractivity contribution in [3.63, 3.8) is 0 Å². The first-order chi connectivity index (χ1) is 5.86. The van der Waals surface area contributed by atoms with Gasteiger partial charge in [0.25, 0.3) is 0 Å². The predicted molar refractivity (Wildman–Crippen MR) is 54.2 cm³/mol. The van der Waals surface area contributed by atoms with Crippen molar-refractivity contribution in [1.29, 1.82) is 0 Å². The highest BCUT2D eigenvalue weighted by molar-refractivity contribution is 5.85. The molecule has 1 aromatic rings. The van der Waals surface area contributed by atoms with Crippen LogP contribution >= 0.6 is 12.4 Å². The average Bonchev–Trinajstić information content (AvgIpc) is 2.50. The van der Waals surface area contributed by atoms with E-state index in [-0.39, 0.29) is 19.1 Å². The van der Waals surface area contributed by atoms with Crippen molar-refractivity contribution in [2.24, 2.45) is 0 Å². The maximum Gasteiger partial charge on any atom is 0.109 e. The Morgan fingerprint density at radius 1 is 1.62 bits per heavy atom. The highest BCUT2D eigenvalue weighted by Gasteiger charge is 1.95. The fourth-order valence-corrected chi connectivity index (χ4v) is 0.933. The number of nitrogens with one attached hydrogen (secondary N) is 1. The molecule has 5 heteroatoms. The number of hydrogen-bond donors (Lipinski definition) is 1. The summed E-state index contributed by atoms with van der Waals surface area (Å²) in [5, 5.41) is 7.14. The van der Waals surface area contributed by atoms with Gasteiger partial charge in [-0.3, -0.25) is 4.68 Å². The Morgan fingerprint density at radius 3 is 3.00 bits per heavy atom. The van der Waals surface area contributed by atoms with Gasteiger partial charge >= 0.3 is 0 Å². The average molecular weight is 208 g/mol. The number of halogens is 2. The molecule has 0 saturated carbocycles. The van der Waals surface area contributed by atoms with E-state index >= 15 is 0 Å². The number of aryl methyl sites for hydroxylation is 1. The number of anilines is 1. The van der Waals surface area contributed by atoms with Crippen molar-refractivity contribution in [3.8, 4) is 0 Å². The molecule has 0 unspecified atom stereocenters. The summed E-state index contributed by atoms with van der Waals surface area (Å²) in [6.45, 7) is 3.00. The largest absolute Gasteiger partial charge is 0.383 e. The minimum atomic E-state index is -0.366. The Bertz CT molecular complexity index is 227. The molecule has 0 aromatic carbocycles. The molecule has 1 N–H and O–H groups in total. The highest BCUT2D eigenvalue weighted by Crippen LogP contribution is 2.03. The molecular formula is C8H15ClFN3. The van der Waals surface area contributed by atoms with Gasteiger partial charge in [-0.05, 0) is 6.42 Å². The van der Waals surface area contributed by atoms with Gasteiger partial charge in [0.1, 0.15) is 6.67 Å². The van der Waals surface area contributed by atoms with E-state index in [0.29, 0.717) is 6.54 Å². The maximum absolute atomic E-state index is 11.9. The summed E-state index contributed by atoms with van der Waals surface area (Å²) in [7, 11) is 0. The van der Waals surface area contributed by atoms with Crippen molar-refractivity contribution in [2.75, 3.05) is 18.5 Å². The van der Waals surface area contributed by atoms with Crippen LogP contribution < -0.4 is 5.32 Å². The van der Waals surface area contributed by atoms with Crippen LogP contribution in [0.25, 0.3) is 0 Å². The van der Waals surface area contributed by atoms with Gasteiger partial charge in [0.05, 0.1) is 18.4 Å². The van der Waals surface area contributed by atoms with Gasteiger partial charge in [-0.1, -0.05) is 6.92 Å². The third kappa shape index (κ3) is 4.12. The molecule has 0 aliphatic heterocycles. The molecular weight excluding hydrogens is 193 g/mol. The van der Waals surface area contributed by atoms with Crippen LogP contribution in [0.4, 0.5) is 10.1 Å². The third-order valence-electron chi connectivity index (χ3n) is 1.53. The van der Waals surface area contributed by atoms with Crippen LogP contribution in [0.1, 0.15) is 13.3 Å². The molecule has 0 atom stereocenters. The van der Waals surface area contributed by atoms with Gasteiger partial charge in [0.2, 0.25) is 0 Å². The van der Waals surface area contributed by atoms with E-state index in [1.165, 1.54) is 0 Å². The van der Waals surface area contributed by atoms with Gasteiger partial charge in [-0.15, -0.1) is 12.4 Å². The van der Waals surface area contributed by atoms with Crippen LogP contribution in [-0.4, -0.2) is 23.0 Å². The molecule has 1 rings (SSSR count). The lowest BCUT2D eigenvalue weighted by Gasteiger charge is -1.98. The predicted octanol–water partition coefficient (Wildman–Crippen LogP) is 2.10. The number of rotatable bonds is 5. The summed E-state index contributed by atoms with van der Waals surface area (Å²) < 4.78 is 13.5. The molecule has 0 amide bonds. The van der Waals surface area contributed by atoms with Crippen LogP contribution in [-0.2, 0) is 6.54 Å². The van der Waals surface area contributed by atoms with Crippen LogP contribution in [0.2, 0.25) is 0 Å². The maximum atomic E-state index is 11.9. The van der Waals surface area contributed by atoms with Crippen molar-refractivity contribution in [2.45, 2.75) is 19.9 Å². The molecule has 0 radical (unpaired) electrons. The summed E-state index contributed by atoms with van der Waals surface area (Å²) in [6, 6.07) is 0. The van der Waals surface area contributed by atoms with E-state index < -0.39 is 0 Å². The molecule has 0 aliphatic carbocycles. The van der Waals surface area contributed by atoms with Gasteiger partial charge in [-0.2, -0.15) is 5.10 Å². The topological polar surface area (TPSA) is 29.9 Å². The van der Waals surface area contributed by atoms with Crippen LogP contribution in [0, 0.1) is 0 Å². The normalized spacial score (nSPS) is 9.38. The van der Waals surface area contributed by atoms with Crippen LogP contribution in [0.3, 0.4) is 0 Å². The number of alkyl halides is 1. The molecule has 3 nitrogen and oxygen atoms in total. The zero-order chi connectivity index (χ0) is 8.81. The number of hydrogen-bond acceptors (Lipinski definition) is 2. The molecule has 0 saturated heterocycles. The summed E-state index contributed by atoms with van der Waals surface area (Å²) in [5.74, 6) is 0. The van der Waals surface area contributed by atoms with Gasteiger partial charge < -0.3 is 5.32 Å². The van der Waals surface area contributed by atoms with E-state index in [1.807, 2.05) is 6.20 Å². The zero-order valence-electron chi connectivity index (χ0n) is 7.66. The quantitative estimate of drug-likeness (QED) is 0.802. The molecule has 0 spiro atoms. The van der Waals surface area contributed by atoms with Crippen molar-refractivity contribution < 1.29 is 4.39 Å². The number of nitrogens with zero attached hydrogens (tertiary/aromatic N) is 2. The third-order valence-corrected chi connectivity index (χ3v) is 1.53. The molecule has 76 valence electrons. The first-order valence-corrected chi connectivity index (χ1v) is 4.19. The fourth-order valence-electron chi connectivity index (χ4n) is 0.933. The van der Waals surface area contributed by atoms with Crippen molar-refractivity contribution >= 4 is 18.1 Å². The summed E-state index contributed by atoms with van der Waals surface area (Å²) in [6.07, 6.45) is 4.61. The van der Waals surface area contributed by atoms with Gasteiger partial charge in [-0.25, -0.2) is 4.39 Å². The molecule has 0 aliphatic rings. The SMILES string of the molecule is CCCNc1cnn(CCF)c1.Cl. The summed E-state index contributed by atoms with van der Waals surface area (Å²) in [5.41, 5.74) is 0.963. The summed E-state index contributed by atoms with van der Waals surface area (Å²) in [4.78, 5) is 0. The lowest BCUT2D eigenvalue weighted by Crippen LogP contribution is -2.00. The Morgan fingerprint density at radius 2 is 2.38 bits per heavy atom. The standard InChI is InChI=1S/C8H14FN3.ClH/c1-2-4-10-8-6-11-12(7-8)5-3-9;/h6-7,10H,2-5H2,1H3;1H. The van der Waals surface area contributed by atoms with E-state index in [2.05, 4.69) is 17.3 Å². The number of aromatic nitrogens is 2. The second-order valence-electron chi connectivity index (χ2n) is 2.61. The monoisotopic (exact) mass is 207 g/mol. The lowest BCUT2D eigenvalue weighted by molar-refractivity contribution is 0.427. The van der Waals surface area contributed by atoms with E-state index in [9.17, 15) is 4.39 Å². The smallest absolute Gasteiger partial charge is 0.109 e. The minimum Gasteiger partial charge on any atom is -0.383 e. The first kappa shape index (κ1) is 12.2. The van der Waals surface area contributed by atoms with E-state index in [4.69, 9.17) is 0 Å². The van der Waals surface area contributed by atoms with Gasteiger partial charge in [0.15, 0.2) is 0 Å². The lowest BCUT2D eigenvalue weighted by atomic mass is 10.4. The summed E-state index contributed by atoms with van der Waals surface area (Å²) >= 11 is 0. The second-order valence-corrected chi connectivity index (χ2v) is 2.61. The van der Waals surface area contributed by atoms with Crippen LogP contribution in [0.5, 0.6) is 0 Å². The van der Waals surface area contributed by atoms with E-state index in [1.54, 1.807) is 10.9 Å². The molecule has 0 fully saturated rings. The Labute approximate surface area is 83.7 Å². The molecule has 0 bridgehead atoms. The Kier molecular flexibility index (Phi) is 6.32. The molecule has 1 aromatic heterocycles. The minimum absolute atomic E-state index is 0. The van der Waals surface area contributed by atoms with Gasteiger partial charge in [0, 0.05) is 12.7 Å². The van der Waals surface area contributed by atoms with E-state index in [0.717, 1.165) is 18.7 Å². The first-order valence-electron chi connectivity index (χ1n) is 4.19. The fraction of sp³-hybridized carbons (Fsp3) is 0.625. The van der Waals surface area contributed by atoms with Crippen LogP contribution in [0.15, 0.2) is 12.4 Å². The van der Waals surface area contributed by atoms with Crippen molar-refractivity contribution in [3.05, 3.63) is 12.4 Å². The van der Waals surface area contributed by atoms with Crippen molar-refractivity contribution in [1.82, 2.24) is 9.78 Å². The Balaban J connectivity index is 0.00000144. The molecule has 1 heterocycles. The molecule has 13 heavy (non-hydrogen) atoms.